The predicted molar refractivity (Wildman–Crippen MR) is 81.3 cm³/mol. The molecule has 3 heteroatoms. The Labute approximate surface area is 121 Å². The number of hydrogen-bond donors (Lipinski definition) is 2. The van der Waals surface area contributed by atoms with Gasteiger partial charge in [0.2, 0.25) is 0 Å². The van der Waals surface area contributed by atoms with Crippen LogP contribution in [0.5, 0.6) is 0 Å². The van der Waals surface area contributed by atoms with E-state index in [0.29, 0.717) is 6.42 Å². The molecule has 0 unspecified atom stereocenters. The van der Waals surface area contributed by atoms with Crippen molar-refractivity contribution < 1.29 is 5.11 Å². The zero-order chi connectivity index (χ0) is 13.2. The fourth-order valence-electron chi connectivity index (χ4n) is 2.63. The van der Waals surface area contributed by atoms with E-state index < -0.39 is 0 Å². The van der Waals surface area contributed by atoms with Crippen molar-refractivity contribution in [3.8, 4) is 0 Å². The number of aliphatic hydroxyl groups excluding tert-OH is 1. The topological polar surface area (TPSA) is 32.3 Å². The molecule has 0 aromatic heterocycles. The van der Waals surface area contributed by atoms with E-state index in [1.807, 2.05) is 24.3 Å². The van der Waals surface area contributed by atoms with Gasteiger partial charge in [0.15, 0.2) is 0 Å². The molecule has 2 aromatic rings. The molecule has 0 fully saturated rings. The highest BCUT2D eigenvalue weighted by molar-refractivity contribution is 9.10. The maximum absolute atomic E-state index is 10.2. The van der Waals surface area contributed by atoms with Crippen molar-refractivity contribution in [2.45, 2.75) is 25.0 Å². The molecule has 2 nitrogen and oxygen atoms in total. The highest BCUT2D eigenvalue weighted by Gasteiger charge is 2.22. The zero-order valence-electron chi connectivity index (χ0n) is 10.5. The van der Waals surface area contributed by atoms with Crippen LogP contribution in [-0.2, 0) is 6.42 Å². The van der Waals surface area contributed by atoms with Crippen molar-refractivity contribution in [3.05, 3.63) is 64.1 Å². The molecule has 0 radical (unpaired) electrons. The molecule has 0 bridgehead atoms. The van der Waals surface area contributed by atoms with Crippen LogP contribution in [0, 0.1) is 0 Å². The SMILES string of the molecule is O[C@@H]1Cc2cc(Br)ccc2N[C@H](c2ccccc2)C1. The Kier molecular flexibility index (Phi) is 3.58. The minimum Gasteiger partial charge on any atom is -0.393 e. The molecule has 19 heavy (non-hydrogen) atoms. The molecule has 1 heterocycles. The van der Waals surface area contributed by atoms with Crippen LogP contribution in [0.4, 0.5) is 5.69 Å². The van der Waals surface area contributed by atoms with Crippen molar-refractivity contribution >= 4 is 21.6 Å². The summed E-state index contributed by atoms with van der Waals surface area (Å²) in [5.74, 6) is 0. The number of anilines is 1. The Morgan fingerprint density at radius 3 is 2.68 bits per heavy atom. The van der Waals surface area contributed by atoms with Crippen LogP contribution in [0.2, 0.25) is 0 Å². The van der Waals surface area contributed by atoms with Crippen LogP contribution < -0.4 is 5.32 Å². The highest BCUT2D eigenvalue weighted by Crippen LogP contribution is 2.32. The summed E-state index contributed by atoms with van der Waals surface area (Å²) in [6, 6.07) is 16.7. The quantitative estimate of drug-likeness (QED) is 0.835. The van der Waals surface area contributed by atoms with E-state index in [-0.39, 0.29) is 12.1 Å². The lowest BCUT2D eigenvalue weighted by atomic mass is 10.00. The molecule has 0 spiro atoms. The molecule has 0 saturated carbocycles. The van der Waals surface area contributed by atoms with E-state index in [2.05, 4.69) is 45.5 Å². The molecular weight excluding hydrogens is 302 g/mol. The normalized spacial score (nSPS) is 22.2. The summed E-state index contributed by atoms with van der Waals surface area (Å²) in [6.07, 6.45) is 1.12. The van der Waals surface area contributed by atoms with E-state index in [0.717, 1.165) is 16.6 Å². The maximum atomic E-state index is 10.2. The van der Waals surface area contributed by atoms with E-state index in [9.17, 15) is 5.11 Å². The Morgan fingerprint density at radius 1 is 1.11 bits per heavy atom. The second-order valence-electron chi connectivity index (χ2n) is 5.00. The van der Waals surface area contributed by atoms with E-state index in [1.54, 1.807) is 0 Å². The van der Waals surface area contributed by atoms with Gasteiger partial charge < -0.3 is 10.4 Å². The standard InChI is InChI=1S/C16H16BrNO/c17-13-6-7-15-12(8-13)9-14(19)10-16(18-15)11-4-2-1-3-5-11/h1-8,14,16,18-19H,9-10H2/t14-,16+/m1/s1. The van der Waals surface area contributed by atoms with Crippen LogP contribution >= 0.6 is 15.9 Å². The van der Waals surface area contributed by atoms with Gasteiger partial charge in [0.1, 0.15) is 0 Å². The Hall–Kier alpha value is -1.32. The summed E-state index contributed by atoms with van der Waals surface area (Å²) in [7, 11) is 0. The first-order valence-electron chi connectivity index (χ1n) is 6.50. The van der Waals surface area contributed by atoms with Crippen molar-refractivity contribution in [2.24, 2.45) is 0 Å². The van der Waals surface area contributed by atoms with Crippen LogP contribution in [0.1, 0.15) is 23.6 Å². The van der Waals surface area contributed by atoms with Crippen LogP contribution in [0.3, 0.4) is 0 Å². The lowest BCUT2D eigenvalue weighted by molar-refractivity contribution is 0.161. The fraction of sp³-hybridized carbons (Fsp3) is 0.250. The van der Waals surface area contributed by atoms with Gasteiger partial charge in [-0.05, 0) is 35.7 Å². The van der Waals surface area contributed by atoms with Crippen molar-refractivity contribution in [1.82, 2.24) is 0 Å². The summed E-state index contributed by atoms with van der Waals surface area (Å²) in [5, 5.41) is 13.8. The van der Waals surface area contributed by atoms with Gasteiger partial charge in [0, 0.05) is 16.6 Å². The number of hydrogen-bond acceptors (Lipinski definition) is 2. The number of benzene rings is 2. The predicted octanol–water partition coefficient (Wildman–Crippen LogP) is 3.91. The molecule has 3 rings (SSSR count). The molecule has 1 aliphatic heterocycles. The second kappa shape index (κ2) is 5.35. The summed E-state index contributed by atoms with van der Waals surface area (Å²) in [4.78, 5) is 0. The molecule has 2 atom stereocenters. The third-order valence-corrected chi connectivity index (χ3v) is 4.06. The van der Waals surface area contributed by atoms with Gasteiger partial charge in [-0.15, -0.1) is 0 Å². The largest absolute Gasteiger partial charge is 0.393 e. The Morgan fingerprint density at radius 2 is 1.89 bits per heavy atom. The first-order valence-corrected chi connectivity index (χ1v) is 7.29. The molecule has 1 aliphatic rings. The Bertz CT molecular complexity index is 570. The second-order valence-corrected chi connectivity index (χ2v) is 5.92. The molecule has 0 saturated heterocycles. The lowest BCUT2D eigenvalue weighted by Gasteiger charge is -2.19. The first-order chi connectivity index (χ1) is 9.22. The number of aliphatic hydroxyl groups is 1. The van der Waals surface area contributed by atoms with Crippen LogP contribution in [-0.4, -0.2) is 11.2 Å². The summed E-state index contributed by atoms with van der Waals surface area (Å²) >= 11 is 3.49. The molecule has 0 amide bonds. The molecule has 2 aromatic carbocycles. The van der Waals surface area contributed by atoms with Crippen LogP contribution in [0.25, 0.3) is 0 Å². The minimum absolute atomic E-state index is 0.165. The van der Waals surface area contributed by atoms with E-state index in [4.69, 9.17) is 0 Å². The average Bonchev–Trinajstić information content (AvgIpc) is 2.57. The van der Waals surface area contributed by atoms with Crippen molar-refractivity contribution in [2.75, 3.05) is 5.32 Å². The summed E-state index contributed by atoms with van der Waals surface area (Å²) in [5.41, 5.74) is 3.51. The number of rotatable bonds is 1. The van der Waals surface area contributed by atoms with E-state index in [1.165, 1.54) is 11.1 Å². The molecule has 98 valence electrons. The van der Waals surface area contributed by atoms with Gasteiger partial charge in [-0.3, -0.25) is 0 Å². The summed E-state index contributed by atoms with van der Waals surface area (Å²) in [6.45, 7) is 0. The van der Waals surface area contributed by atoms with Gasteiger partial charge in [-0.25, -0.2) is 0 Å². The van der Waals surface area contributed by atoms with E-state index >= 15 is 0 Å². The number of fused-ring (bicyclic) bond motifs is 1. The van der Waals surface area contributed by atoms with Gasteiger partial charge in [0.05, 0.1) is 12.1 Å². The molecule has 0 aliphatic carbocycles. The van der Waals surface area contributed by atoms with Crippen molar-refractivity contribution in [1.29, 1.82) is 0 Å². The minimum atomic E-state index is -0.312. The summed E-state index contributed by atoms with van der Waals surface area (Å²) < 4.78 is 1.05. The third-order valence-electron chi connectivity index (χ3n) is 3.56. The fourth-order valence-corrected chi connectivity index (χ4v) is 3.04. The third kappa shape index (κ3) is 2.82. The number of halogens is 1. The monoisotopic (exact) mass is 317 g/mol. The van der Waals surface area contributed by atoms with Gasteiger partial charge >= 0.3 is 0 Å². The first kappa shape index (κ1) is 12.7. The van der Waals surface area contributed by atoms with Gasteiger partial charge in [0.25, 0.3) is 0 Å². The zero-order valence-corrected chi connectivity index (χ0v) is 12.1. The molecular formula is C16H16BrNO. The van der Waals surface area contributed by atoms with Gasteiger partial charge in [-0.2, -0.15) is 0 Å². The van der Waals surface area contributed by atoms with Crippen molar-refractivity contribution in [3.63, 3.8) is 0 Å². The number of nitrogens with one attached hydrogen (secondary N) is 1. The maximum Gasteiger partial charge on any atom is 0.0604 e. The lowest BCUT2D eigenvalue weighted by Crippen LogP contribution is -2.16. The Balaban J connectivity index is 1.96. The molecule has 2 N–H and O–H groups in total. The average molecular weight is 318 g/mol. The van der Waals surface area contributed by atoms with Crippen LogP contribution in [0.15, 0.2) is 53.0 Å². The highest BCUT2D eigenvalue weighted by atomic mass is 79.9. The van der Waals surface area contributed by atoms with Gasteiger partial charge in [-0.1, -0.05) is 46.3 Å². The smallest absolute Gasteiger partial charge is 0.0604 e.